The Balaban J connectivity index is 1.77. The Morgan fingerprint density at radius 1 is 1.06 bits per heavy atom. The highest BCUT2D eigenvalue weighted by atomic mass is 19.1. The van der Waals surface area contributed by atoms with E-state index < -0.39 is 6.16 Å². The van der Waals surface area contributed by atoms with Crippen molar-refractivity contribution in [2.24, 2.45) is 0 Å². The molecule has 0 bridgehead atoms. The molecule has 0 spiro atoms. The van der Waals surface area contributed by atoms with Crippen molar-refractivity contribution in [2.45, 2.75) is 33.2 Å². The van der Waals surface area contributed by atoms with Crippen molar-refractivity contribution >= 4 is 28.0 Å². The molecule has 0 radical (unpaired) electrons. The summed E-state index contributed by atoms with van der Waals surface area (Å²) >= 11 is 0. The molecule has 0 aliphatic heterocycles. The summed E-state index contributed by atoms with van der Waals surface area (Å²) in [6.45, 7) is 3.89. The van der Waals surface area contributed by atoms with E-state index in [1.54, 1.807) is 39.3 Å². The second-order valence-corrected chi connectivity index (χ2v) is 7.50. The van der Waals surface area contributed by atoms with Gasteiger partial charge in [0.15, 0.2) is 0 Å². The third-order valence-electron chi connectivity index (χ3n) is 4.79. The van der Waals surface area contributed by atoms with Crippen molar-refractivity contribution in [1.82, 2.24) is 9.97 Å². The van der Waals surface area contributed by atoms with Crippen LogP contribution in [-0.2, 0) is 22.7 Å². The van der Waals surface area contributed by atoms with Gasteiger partial charge in [-0.25, -0.2) is 14.2 Å². The van der Waals surface area contributed by atoms with Gasteiger partial charge < -0.3 is 23.9 Å². The van der Waals surface area contributed by atoms with E-state index in [1.165, 1.54) is 12.1 Å². The molecular weight excluding hydrogens is 415 g/mol. The second-order valence-electron chi connectivity index (χ2n) is 7.50. The number of H-pyrrole nitrogens is 1. The van der Waals surface area contributed by atoms with Crippen molar-refractivity contribution < 1.29 is 28.1 Å². The summed E-state index contributed by atoms with van der Waals surface area (Å²) in [5.41, 5.74) is 3.00. The molecule has 0 saturated heterocycles. The molecule has 0 atom stereocenters. The highest BCUT2D eigenvalue weighted by molar-refractivity contribution is 6.12. The molecule has 0 aliphatic carbocycles. The number of nitrogens with zero attached hydrogens (tertiary/aromatic N) is 1. The van der Waals surface area contributed by atoms with Gasteiger partial charge in [0.05, 0.1) is 35.5 Å². The van der Waals surface area contributed by atoms with Gasteiger partial charge in [0.2, 0.25) is 5.88 Å². The standard InChI is InChI=1S/C24H23FN2O5/c1-14(2)31-24(28)32-23-17(13-29-3)21-19(11-26-23)27-18-5-4-6-20(22(18)21)30-12-15-7-9-16(25)10-8-15/h4-11,14,27H,12-13H2,1-3H3. The SMILES string of the molecule is COCc1c(OC(=O)OC(C)C)ncc2[nH]c3cccc(OCc4ccc(F)cc4)c3c12. The van der Waals surface area contributed by atoms with E-state index >= 15 is 0 Å². The lowest BCUT2D eigenvalue weighted by Gasteiger charge is -2.13. The summed E-state index contributed by atoms with van der Waals surface area (Å²) < 4.78 is 35.1. The van der Waals surface area contributed by atoms with Crippen LogP contribution in [0.5, 0.6) is 11.6 Å². The average Bonchev–Trinajstić information content (AvgIpc) is 3.14. The van der Waals surface area contributed by atoms with Crippen LogP contribution < -0.4 is 9.47 Å². The molecule has 32 heavy (non-hydrogen) atoms. The molecule has 2 aromatic carbocycles. The number of benzene rings is 2. The number of halogens is 1. The number of carbonyl (C=O) groups excluding carboxylic acids is 1. The van der Waals surface area contributed by atoms with Crippen molar-refractivity contribution in [3.05, 3.63) is 65.6 Å². The predicted octanol–water partition coefficient (Wildman–Crippen LogP) is 5.50. The van der Waals surface area contributed by atoms with Gasteiger partial charge in [-0.15, -0.1) is 0 Å². The largest absolute Gasteiger partial charge is 0.515 e. The number of hydrogen-bond acceptors (Lipinski definition) is 6. The number of hydrogen-bond donors (Lipinski definition) is 1. The number of methoxy groups -OCH3 is 1. The summed E-state index contributed by atoms with van der Waals surface area (Å²) in [6.07, 6.45) is 0.435. The molecule has 4 rings (SSSR count). The molecule has 1 N–H and O–H groups in total. The van der Waals surface area contributed by atoms with Crippen LogP contribution >= 0.6 is 0 Å². The van der Waals surface area contributed by atoms with Gasteiger partial charge >= 0.3 is 6.16 Å². The number of carbonyl (C=O) groups is 1. The first-order valence-electron chi connectivity index (χ1n) is 10.1. The Hall–Kier alpha value is -3.65. The number of ether oxygens (including phenoxy) is 4. The number of nitrogens with one attached hydrogen (secondary N) is 1. The number of rotatable bonds is 7. The van der Waals surface area contributed by atoms with Crippen LogP contribution in [0.2, 0.25) is 0 Å². The zero-order valence-electron chi connectivity index (χ0n) is 18.0. The third-order valence-corrected chi connectivity index (χ3v) is 4.79. The van der Waals surface area contributed by atoms with Gasteiger partial charge in [0.25, 0.3) is 0 Å². The molecule has 0 unspecified atom stereocenters. The van der Waals surface area contributed by atoms with E-state index in [4.69, 9.17) is 18.9 Å². The Morgan fingerprint density at radius 3 is 2.56 bits per heavy atom. The first-order valence-corrected chi connectivity index (χ1v) is 10.1. The van der Waals surface area contributed by atoms with Gasteiger partial charge in [0, 0.05) is 17.9 Å². The number of aromatic nitrogens is 2. The van der Waals surface area contributed by atoms with Crippen LogP contribution in [0.3, 0.4) is 0 Å². The number of aromatic amines is 1. The van der Waals surface area contributed by atoms with Gasteiger partial charge in [0.1, 0.15) is 18.2 Å². The first kappa shape index (κ1) is 21.6. The van der Waals surface area contributed by atoms with Crippen molar-refractivity contribution in [3.8, 4) is 11.6 Å². The summed E-state index contributed by atoms with van der Waals surface area (Å²) in [5.74, 6) is 0.435. The predicted molar refractivity (Wildman–Crippen MR) is 117 cm³/mol. The van der Waals surface area contributed by atoms with Crippen LogP contribution in [0.1, 0.15) is 25.0 Å². The Morgan fingerprint density at radius 2 is 1.84 bits per heavy atom. The van der Waals surface area contributed by atoms with Crippen LogP contribution in [0.4, 0.5) is 9.18 Å². The zero-order valence-corrected chi connectivity index (χ0v) is 18.0. The monoisotopic (exact) mass is 438 g/mol. The Bertz CT molecular complexity index is 1250. The maximum atomic E-state index is 13.2. The fraction of sp³-hybridized carbons (Fsp3) is 0.250. The summed E-state index contributed by atoms with van der Waals surface area (Å²) in [6, 6.07) is 11.8. The summed E-state index contributed by atoms with van der Waals surface area (Å²) in [5, 5.41) is 1.58. The topological polar surface area (TPSA) is 82.7 Å². The number of pyridine rings is 1. The maximum absolute atomic E-state index is 13.2. The highest BCUT2D eigenvalue weighted by Crippen LogP contribution is 2.38. The lowest BCUT2D eigenvalue weighted by Crippen LogP contribution is -2.17. The van der Waals surface area contributed by atoms with E-state index in [9.17, 15) is 9.18 Å². The van der Waals surface area contributed by atoms with Crippen molar-refractivity contribution in [1.29, 1.82) is 0 Å². The van der Waals surface area contributed by atoms with E-state index in [0.29, 0.717) is 11.3 Å². The maximum Gasteiger partial charge on any atom is 0.515 e. The second kappa shape index (κ2) is 9.23. The minimum atomic E-state index is -0.836. The molecule has 166 valence electrons. The fourth-order valence-electron chi connectivity index (χ4n) is 3.48. The van der Waals surface area contributed by atoms with Gasteiger partial charge in [-0.1, -0.05) is 18.2 Å². The van der Waals surface area contributed by atoms with E-state index in [2.05, 4.69) is 9.97 Å². The summed E-state index contributed by atoms with van der Waals surface area (Å²) in [7, 11) is 1.55. The molecule has 0 amide bonds. The quantitative estimate of drug-likeness (QED) is 0.384. The summed E-state index contributed by atoms with van der Waals surface area (Å²) in [4.78, 5) is 19.7. The minimum Gasteiger partial charge on any atom is -0.488 e. The average molecular weight is 438 g/mol. The molecule has 0 fully saturated rings. The van der Waals surface area contributed by atoms with Crippen LogP contribution in [-0.4, -0.2) is 29.3 Å². The van der Waals surface area contributed by atoms with Crippen molar-refractivity contribution in [3.63, 3.8) is 0 Å². The molecule has 0 aliphatic rings. The van der Waals surface area contributed by atoms with Gasteiger partial charge in [-0.3, -0.25) is 0 Å². The normalized spacial score (nSPS) is 11.3. The number of fused-ring (bicyclic) bond motifs is 3. The molecule has 4 aromatic rings. The van der Waals surface area contributed by atoms with Crippen LogP contribution in [0, 0.1) is 5.82 Å². The lowest BCUT2D eigenvalue weighted by atomic mass is 10.1. The third kappa shape index (κ3) is 4.50. The molecular formula is C24H23FN2O5. The zero-order chi connectivity index (χ0) is 22.7. The molecule has 2 heterocycles. The lowest BCUT2D eigenvalue weighted by molar-refractivity contribution is 0.0705. The van der Waals surface area contributed by atoms with E-state index in [-0.39, 0.29) is 31.0 Å². The molecule has 8 heteroatoms. The molecule has 2 aromatic heterocycles. The Kier molecular flexibility index (Phi) is 6.23. The van der Waals surface area contributed by atoms with Gasteiger partial charge in [-0.05, 0) is 43.7 Å². The fourth-order valence-corrected chi connectivity index (χ4v) is 3.48. The van der Waals surface area contributed by atoms with E-state index in [1.807, 2.05) is 18.2 Å². The van der Waals surface area contributed by atoms with Crippen LogP contribution in [0.15, 0.2) is 48.7 Å². The van der Waals surface area contributed by atoms with Gasteiger partial charge in [-0.2, -0.15) is 0 Å². The van der Waals surface area contributed by atoms with Crippen molar-refractivity contribution in [2.75, 3.05) is 7.11 Å². The first-order chi connectivity index (χ1) is 15.5. The van der Waals surface area contributed by atoms with Crippen LogP contribution in [0.25, 0.3) is 21.8 Å². The molecule has 0 saturated carbocycles. The minimum absolute atomic E-state index is 0.110. The Labute approximate surface area is 184 Å². The highest BCUT2D eigenvalue weighted by Gasteiger charge is 2.21. The molecule has 7 nitrogen and oxygen atoms in total. The smallest absolute Gasteiger partial charge is 0.488 e. The van der Waals surface area contributed by atoms with E-state index in [0.717, 1.165) is 27.4 Å².